The lowest BCUT2D eigenvalue weighted by Gasteiger charge is -2.11. The van der Waals surface area contributed by atoms with Crippen molar-refractivity contribution in [1.29, 1.82) is 0 Å². The molecule has 1 heterocycles. The SMILES string of the molecule is CNc1ncc(Cl)c(NCC(O)CO)n1. The van der Waals surface area contributed by atoms with E-state index in [0.717, 1.165) is 0 Å². The predicted octanol–water partition coefficient (Wildman–Crippen LogP) is -0.0632. The molecule has 1 rings (SSSR count). The number of aromatic nitrogens is 2. The molecule has 1 unspecified atom stereocenters. The maximum atomic E-state index is 9.12. The molecule has 0 bridgehead atoms. The first-order valence-electron chi connectivity index (χ1n) is 4.40. The molecular formula is C8H13ClN4O2. The van der Waals surface area contributed by atoms with Crippen molar-refractivity contribution in [3.63, 3.8) is 0 Å². The lowest BCUT2D eigenvalue weighted by molar-refractivity contribution is 0.105. The van der Waals surface area contributed by atoms with Gasteiger partial charge in [0.2, 0.25) is 5.95 Å². The van der Waals surface area contributed by atoms with Crippen LogP contribution in [0.1, 0.15) is 0 Å². The molecule has 6 nitrogen and oxygen atoms in total. The van der Waals surface area contributed by atoms with Crippen molar-refractivity contribution in [2.45, 2.75) is 6.10 Å². The van der Waals surface area contributed by atoms with Gasteiger partial charge in [0, 0.05) is 13.6 Å². The Morgan fingerprint density at radius 1 is 1.60 bits per heavy atom. The van der Waals surface area contributed by atoms with Crippen molar-refractivity contribution < 1.29 is 10.2 Å². The molecule has 1 atom stereocenters. The van der Waals surface area contributed by atoms with Gasteiger partial charge in [-0.05, 0) is 0 Å². The van der Waals surface area contributed by atoms with E-state index in [2.05, 4.69) is 20.6 Å². The number of nitrogens with one attached hydrogen (secondary N) is 2. The summed E-state index contributed by atoms with van der Waals surface area (Å²) >= 11 is 5.82. The summed E-state index contributed by atoms with van der Waals surface area (Å²) in [5, 5.41) is 23.7. The van der Waals surface area contributed by atoms with Gasteiger partial charge in [-0.15, -0.1) is 0 Å². The highest BCUT2D eigenvalue weighted by Gasteiger charge is 2.06. The molecule has 0 saturated carbocycles. The zero-order chi connectivity index (χ0) is 11.3. The van der Waals surface area contributed by atoms with Crippen molar-refractivity contribution in [3.05, 3.63) is 11.2 Å². The molecule has 0 aliphatic heterocycles. The van der Waals surface area contributed by atoms with E-state index in [1.807, 2.05) is 0 Å². The smallest absolute Gasteiger partial charge is 0.224 e. The van der Waals surface area contributed by atoms with Crippen molar-refractivity contribution in [2.75, 3.05) is 30.8 Å². The Bertz CT molecular complexity index is 324. The van der Waals surface area contributed by atoms with Gasteiger partial charge in [-0.3, -0.25) is 0 Å². The summed E-state index contributed by atoms with van der Waals surface area (Å²) in [5.74, 6) is 0.851. The van der Waals surface area contributed by atoms with E-state index in [1.54, 1.807) is 7.05 Å². The fraction of sp³-hybridized carbons (Fsp3) is 0.500. The summed E-state index contributed by atoms with van der Waals surface area (Å²) in [4.78, 5) is 7.94. The van der Waals surface area contributed by atoms with Crippen LogP contribution in [0.4, 0.5) is 11.8 Å². The van der Waals surface area contributed by atoms with E-state index in [9.17, 15) is 0 Å². The number of aliphatic hydroxyl groups excluding tert-OH is 2. The minimum atomic E-state index is -0.839. The second kappa shape index (κ2) is 5.69. The first-order chi connectivity index (χ1) is 7.17. The van der Waals surface area contributed by atoms with E-state index in [1.165, 1.54) is 6.20 Å². The average molecular weight is 233 g/mol. The van der Waals surface area contributed by atoms with Crippen molar-refractivity contribution in [1.82, 2.24) is 9.97 Å². The summed E-state index contributed by atoms with van der Waals surface area (Å²) in [6.45, 7) is -0.134. The molecule has 0 spiro atoms. The topological polar surface area (TPSA) is 90.3 Å². The van der Waals surface area contributed by atoms with Gasteiger partial charge >= 0.3 is 0 Å². The molecule has 4 N–H and O–H groups in total. The molecule has 84 valence electrons. The van der Waals surface area contributed by atoms with Crippen molar-refractivity contribution >= 4 is 23.4 Å². The number of hydrogen-bond donors (Lipinski definition) is 4. The quantitative estimate of drug-likeness (QED) is 0.569. The Morgan fingerprint density at radius 3 is 2.93 bits per heavy atom. The summed E-state index contributed by atoms with van der Waals surface area (Å²) in [6, 6.07) is 0. The first kappa shape index (κ1) is 12.0. The Hall–Kier alpha value is -1.11. The number of anilines is 2. The molecule has 0 aliphatic rings. The van der Waals surface area contributed by atoms with Crippen LogP contribution in [0.15, 0.2) is 6.20 Å². The molecule has 0 amide bonds. The van der Waals surface area contributed by atoms with Gasteiger partial charge in [-0.1, -0.05) is 11.6 Å². The van der Waals surface area contributed by atoms with Gasteiger partial charge < -0.3 is 20.8 Å². The molecule has 0 fully saturated rings. The fourth-order valence-corrected chi connectivity index (χ4v) is 1.05. The molecule has 0 aliphatic carbocycles. The number of rotatable bonds is 5. The van der Waals surface area contributed by atoms with Crippen LogP contribution < -0.4 is 10.6 Å². The zero-order valence-electron chi connectivity index (χ0n) is 8.24. The van der Waals surface area contributed by atoms with Gasteiger partial charge in [0.15, 0.2) is 5.82 Å². The molecule has 0 saturated heterocycles. The van der Waals surface area contributed by atoms with Crippen molar-refractivity contribution in [3.8, 4) is 0 Å². The Kier molecular flexibility index (Phi) is 4.54. The lowest BCUT2D eigenvalue weighted by Crippen LogP contribution is -2.23. The van der Waals surface area contributed by atoms with Gasteiger partial charge in [-0.25, -0.2) is 4.98 Å². The zero-order valence-corrected chi connectivity index (χ0v) is 8.99. The van der Waals surface area contributed by atoms with Crippen LogP contribution in [0.25, 0.3) is 0 Å². The monoisotopic (exact) mass is 232 g/mol. The number of aliphatic hydroxyl groups is 2. The van der Waals surface area contributed by atoms with Crippen LogP contribution >= 0.6 is 11.6 Å². The average Bonchev–Trinajstić information content (AvgIpc) is 2.27. The normalized spacial score (nSPS) is 12.3. The molecule has 15 heavy (non-hydrogen) atoms. The second-order valence-electron chi connectivity index (χ2n) is 2.86. The van der Waals surface area contributed by atoms with Crippen LogP contribution in [0.2, 0.25) is 5.02 Å². The van der Waals surface area contributed by atoms with Crippen LogP contribution in [0, 0.1) is 0 Å². The van der Waals surface area contributed by atoms with Crippen LogP contribution in [-0.4, -0.2) is 46.5 Å². The van der Waals surface area contributed by atoms with Crippen LogP contribution in [-0.2, 0) is 0 Å². The number of hydrogen-bond acceptors (Lipinski definition) is 6. The third-order valence-corrected chi connectivity index (χ3v) is 1.96. The highest BCUT2D eigenvalue weighted by Crippen LogP contribution is 2.18. The minimum absolute atomic E-state index is 0.177. The number of nitrogens with zero attached hydrogens (tertiary/aromatic N) is 2. The maximum Gasteiger partial charge on any atom is 0.224 e. The van der Waals surface area contributed by atoms with Crippen molar-refractivity contribution in [2.24, 2.45) is 0 Å². The molecule has 1 aromatic heterocycles. The summed E-state index contributed by atoms with van der Waals surface area (Å²) in [5.41, 5.74) is 0. The largest absolute Gasteiger partial charge is 0.394 e. The fourth-order valence-electron chi connectivity index (χ4n) is 0.891. The summed E-state index contributed by atoms with van der Waals surface area (Å²) in [6.07, 6.45) is 0.614. The van der Waals surface area contributed by atoms with Crippen LogP contribution in [0.5, 0.6) is 0 Å². The lowest BCUT2D eigenvalue weighted by atomic mass is 10.4. The summed E-state index contributed by atoms with van der Waals surface area (Å²) in [7, 11) is 1.69. The van der Waals surface area contributed by atoms with Crippen LogP contribution in [0.3, 0.4) is 0 Å². The van der Waals surface area contributed by atoms with E-state index >= 15 is 0 Å². The number of halogens is 1. The summed E-state index contributed by atoms with van der Waals surface area (Å²) < 4.78 is 0. The third-order valence-electron chi connectivity index (χ3n) is 1.68. The Labute approximate surface area is 92.3 Å². The standard InChI is InChI=1S/C8H13ClN4O2/c1-10-8-12-3-6(9)7(13-8)11-2-5(15)4-14/h3,5,14-15H,2,4H2,1H3,(H2,10,11,12,13). The maximum absolute atomic E-state index is 9.12. The molecule has 0 aromatic carbocycles. The highest BCUT2D eigenvalue weighted by molar-refractivity contribution is 6.32. The van der Waals surface area contributed by atoms with Gasteiger partial charge in [0.25, 0.3) is 0 Å². The van der Waals surface area contributed by atoms with E-state index in [-0.39, 0.29) is 13.2 Å². The van der Waals surface area contributed by atoms with E-state index in [4.69, 9.17) is 21.8 Å². The minimum Gasteiger partial charge on any atom is -0.394 e. The van der Waals surface area contributed by atoms with Gasteiger partial charge in [0.1, 0.15) is 5.02 Å². The van der Waals surface area contributed by atoms with Gasteiger partial charge in [0.05, 0.1) is 18.9 Å². The molecule has 0 radical (unpaired) electrons. The molecular weight excluding hydrogens is 220 g/mol. The Morgan fingerprint density at radius 2 is 2.33 bits per heavy atom. The predicted molar refractivity (Wildman–Crippen MR) is 58.2 cm³/mol. The first-order valence-corrected chi connectivity index (χ1v) is 4.78. The molecule has 7 heteroatoms. The van der Waals surface area contributed by atoms with E-state index < -0.39 is 6.10 Å². The Balaban J connectivity index is 2.66. The third kappa shape index (κ3) is 3.50. The molecule has 1 aromatic rings. The van der Waals surface area contributed by atoms with Gasteiger partial charge in [-0.2, -0.15) is 4.98 Å². The van der Waals surface area contributed by atoms with E-state index in [0.29, 0.717) is 16.8 Å². The second-order valence-corrected chi connectivity index (χ2v) is 3.26. The highest BCUT2D eigenvalue weighted by atomic mass is 35.5.